The van der Waals surface area contributed by atoms with E-state index in [0.717, 1.165) is 26.4 Å². The monoisotopic (exact) mass is 373 g/mol. The molecule has 0 N–H and O–H groups in total. The molecule has 1 aliphatic heterocycles. The van der Waals surface area contributed by atoms with Crippen molar-refractivity contribution < 1.29 is 13.9 Å². The fourth-order valence-electron chi connectivity index (χ4n) is 3.25. The molecule has 1 saturated heterocycles. The van der Waals surface area contributed by atoms with E-state index in [0.29, 0.717) is 26.2 Å². The zero-order valence-electron chi connectivity index (χ0n) is 14.7. The molecule has 1 unspecified atom stereocenters. The SMILES string of the molecule is Cc1nn(Cc2ccc(F)cc2)c2sc(C(=O)N3CCOC(C)C3)cc12. The quantitative estimate of drug-likeness (QED) is 0.706. The van der Waals surface area contributed by atoms with Crippen LogP contribution >= 0.6 is 11.3 Å². The number of hydrogen-bond acceptors (Lipinski definition) is 4. The van der Waals surface area contributed by atoms with E-state index in [1.807, 2.05) is 29.5 Å². The maximum Gasteiger partial charge on any atom is 0.264 e. The van der Waals surface area contributed by atoms with Gasteiger partial charge in [0.2, 0.25) is 0 Å². The molecule has 26 heavy (non-hydrogen) atoms. The maximum atomic E-state index is 13.1. The van der Waals surface area contributed by atoms with Crippen LogP contribution in [0.4, 0.5) is 4.39 Å². The predicted molar refractivity (Wildman–Crippen MR) is 99.2 cm³/mol. The Morgan fingerprint density at radius 1 is 1.38 bits per heavy atom. The molecular weight excluding hydrogens is 353 g/mol. The standard InChI is InChI=1S/C19H20FN3O2S/c1-12-10-22(7-8-25-12)18(24)17-9-16-13(2)21-23(19(16)26-17)11-14-3-5-15(20)6-4-14/h3-6,9,12H,7-8,10-11H2,1-2H3. The van der Waals surface area contributed by atoms with Crippen LogP contribution < -0.4 is 0 Å². The van der Waals surface area contributed by atoms with Crippen molar-refractivity contribution in [3.63, 3.8) is 0 Å². The zero-order valence-corrected chi connectivity index (χ0v) is 15.6. The minimum absolute atomic E-state index is 0.0501. The number of aromatic nitrogens is 2. The molecule has 2 aromatic heterocycles. The minimum atomic E-state index is -0.251. The topological polar surface area (TPSA) is 47.4 Å². The van der Waals surface area contributed by atoms with Gasteiger partial charge in [-0.25, -0.2) is 4.39 Å². The first-order valence-corrected chi connectivity index (χ1v) is 9.45. The second-order valence-corrected chi connectivity index (χ2v) is 7.66. The molecule has 1 aromatic carbocycles. The van der Waals surface area contributed by atoms with Gasteiger partial charge in [-0.05, 0) is 37.6 Å². The molecule has 7 heteroatoms. The molecule has 3 heterocycles. The van der Waals surface area contributed by atoms with E-state index in [9.17, 15) is 9.18 Å². The number of ether oxygens (including phenoxy) is 1. The van der Waals surface area contributed by atoms with E-state index in [1.165, 1.54) is 23.5 Å². The lowest BCUT2D eigenvalue weighted by atomic mass is 10.2. The van der Waals surface area contributed by atoms with Crippen LogP contribution in [0.2, 0.25) is 0 Å². The Balaban J connectivity index is 1.62. The molecule has 1 fully saturated rings. The Hall–Kier alpha value is -2.25. The summed E-state index contributed by atoms with van der Waals surface area (Å²) in [6, 6.07) is 8.35. The van der Waals surface area contributed by atoms with Gasteiger partial charge in [0, 0.05) is 18.5 Å². The highest BCUT2D eigenvalue weighted by Gasteiger charge is 2.25. The largest absolute Gasteiger partial charge is 0.375 e. The van der Waals surface area contributed by atoms with Crippen LogP contribution in [0.15, 0.2) is 30.3 Å². The number of halogens is 1. The molecule has 4 rings (SSSR count). The van der Waals surface area contributed by atoms with E-state index < -0.39 is 0 Å². The van der Waals surface area contributed by atoms with Gasteiger partial charge >= 0.3 is 0 Å². The number of benzene rings is 1. The summed E-state index contributed by atoms with van der Waals surface area (Å²) in [6.45, 7) is 6.30. The average Bonchev–Trinajstić information content (AvgIpc) is 3.18. The van der Waals surface area contributed by atoms with Crippen LogP contribution in [0, 0.1) is 12.7 Å². The first-order valence-electron chi connectivity index (χ1n) is 8.63. The molecule has 1 aliphatic rings. The predicted octanol–water partition coefficient (Wildman–Crippen LogP) is 3.45. The maximum absolute atomic E-state index is 13.1. The fraction of sp³-hybridized carbons (Fsp3) is 0.368. The van der Waals surface area contributed by atoms with Gasteiger partial charge in [0.15, 0.2) is 0 Å². The minimum Gasteiger partial charge on any atom is -0.375 e. The number of fused-ring (bicyclic) bond motifs is 1. The van der Waals surface area contributed by atoms with Gasteiger partial charge in [-0.2, -0.15) is 5.10 Å². The number of nitrogens with zero attached hydrogens (tertiary/aromatic N) is 3. The van der Waals surface area contributed by atoms with Crippen LogP contribution in [-0.4, -0.2) is 46.4 Å². The highest BCUT2D eigenvalue weighted by Crippen LogP contribution is 2.30. The molecule has 5 nitrogen and oxygen atoms in total. The van der Waals surface area contributed by atoms with Crippen LogP contribution in [-0.2, 0) is 11.3 Å². The summed E-state index contributed by atoms with van der Waals surface area (Å²) in [5.74, 6) is -0.201. The van der Waals surface area contributed by atoms with Crippen LogP contribution in [0.1, 0.15) is 27.9 Å². The Labute approximate surface area is 155 Å². The smallest absolute Gasteiger partial charge is 0.264 e. The molecule has 3 aromatic rings. The van der Waals surface area contributed by atoms with Crippen molar-refractivity contribution in [1.29, 1.82) is 0 Å². The molecule has 0 aliphatic carbocycles. The summed E-state index contributed by atoms with van der Waals surface area (Å²) in [6.07, 6.45) is 0.0674. The lowest BCUT2D eigenvalue weighted by molar-refractivity contribution is -0.0122. The highest BCUT2D eigenvalue weighted by atomic mass is 32.1. The fourth-order valence-corrected chi connectivity index (χ4v) is 4.38. The van der Waals surface area contributed by atoms with Crippen molar-refractivity contribution in [3.05, 3.63) is 52.3 Å². The van der Waals surface area contributed by atoms with E-state index in [4.69, 9.17) is 4.74 Å². The van der Waals surface area contributed by atoms with Crippen molar-refractivity contribution >= 4 is 27.5 Å². The summed E-state index contributed by atoms with van der Waals surface area (Å²) in [4.78, 5) is 16.4. The number of amides is 1. The second-order valence-electron chi connectivity index (χ2n) is 6.63. The number of thiophene rings is 1. The van der Waals surface area contributed by atoms with Gasteiger partial charge in [-0.1, -0.05) is 12.1 Å². The molecule has 1 atom stereocenters. The first kappa shape index (κ1) is 17.2. The van der Waals surface area contributed by atoms with Crippen molar-refractivity contribution in [2.24, 2.45) is 0 Å². The van der Waals surface area contributed by atoms with Gasteiger partial charge in [-0.15, -0.1) is 11.3 Å². The van der Waals surface area contributed by atoms with E-state index >= 15 is 0 Å². The molecule has 0 bridgehead atoms. The van der Waals surface area contributed by atoms with Crippen molar-refractivity contribution in [2.75, 3.05) is 19.7 Å². The van der Waals surface area contributed by atoms with Gasteiger partial charge < -0.3 is 9.64 Å². The summed E-state index contributed by atoms with van der Waals surface area (Å²) < 4.78 is 20.5. The second kappa shape index (κ2) is 6.81. The van der Waals surface area contributed by atoms with E-state index in [2.05, 4.69) is 5.10 Å². The molecule has 0 radical (unpaired) electrons. The molecule has 136 valence electrons. The Morgan fingerprint density at radius 3 is 2.88 bits per heavy atom. The van der Waals surface area contributed by atoms with E-state index in [-0.39, 0.29) is 17.8 Å². The van der Waals surface area contributed by atoms with Crippen molar-refractivity contribution in [1.82, 2.24) is 14.7 Å². The molecule has 1 amide bonds. The number of hydrogen-bond donors (Lipinski definition) is 0. The number of carbonyl (C=O) groups is 1. The number of morpholine rings is 1. The van der Waals surface area contributed by atoms with Gasteiger partial charge in [0.05, 0.1) is 29.8 Å². The summed E-state index contributed by atoms with van der Waals surface area (Å²) in [5, 5.41) is 5.58. The Bertz CT molecular complexity index is 948. The average molecular weight is 373 g/mol. The van der Waals surface area contributed by atoms with Gasteiger partial charge in [0.25, 0.3) is 5.91 Å². The van der Waals surface area contributed by atoms with Crippen molar-refractivity contribution in [2.45, 2.75) is 26.5 Å². The number of carbonyl (C=O) groups excluding carboxylic acids is 1. The Morgan fingerprint density at radius 2 is 2.15 bits per heavy atom. The van der Waals surface area contributed by atoms with Crippen LogP contribution in [0.5, 0.6) is 0 Å². The zero-order chi connectivity index (χ0) is 18.3. The number of aryl methyl sites for hydroxylation is 1. The normalized spacial score (nSPS) is 17.8. The van der Waals surface area contributed by atoms with Gasteiger partial charge in [-0.3, -0.25) is 9.48 Å². The number of rotatable bonds is 3. The third-order valence-corrected chi connectivity index (χ3v) is 5.73. The summed E-state index contributed by atoms with van der Waals surface area (Å²) >= 11 is 1.46. The third kappa shape index (κ3) is 3.24. The Kier molecular flexibility index (Phi) is 4.50. The molecule has 0 saturated carbocycles. The lowest BCUT2D eigenvalue weighted by Crippen LogP contribution is -2.44. The molecule has 0 spiro atoms. The third-order valence-electron chi connectivity index (χ3n) is 4.59. The summed E-state index contributed by atoms with van der Waals surface area (Å²) in [7, 11) is 0. The van der Waals surface area contributed by atoms with E-state index in [1.54, 1.807) is 12.1 Å². The summed E-state index contributed by atoms with van der Waals surface area (Å²) in [5.41, 5.74) is 1.87. The van der Waals surface area contributed by atoms with Crippen LogP contribution in [0.25, 0.3) is 10.2 Å². The molecular formula is C19H20FN3O2S. The first-order chi connectivity index (χ1) is 12.5. The highest BCUT2D eigenvalue weighted by molar-refractivity contribution is 7.20. The van der Waals surface area contributed by atoms with Crippen molar-refractivity contribution in [3.8, 4) is 0 Å². The van der Waals surface area contributed by atoms with Crippen LogP contribution in [0.3, 0.4) is 0 Å². The lowest BCUT2D eigenvalue weighted by Gasteiger charge is -2.30. The van der Waals surface area contributed by atoms with Gasteiger partial charge in [0.1, 0.15) is 10.6 Å².